The minimum absolute atomic E-state index is 0.212. The zero-order valence-corrected chi connectivity index (χ0v) is 13.7. The molecule has 1 aliphatic heterocycles. The largest absolute Gasteiger partial charge is 0.449 e. The average Bonchev–Trinajstić information content (AvgIpc) is 3.00. The van der Waals surface area contributed by atoms with Crippen LogP contribution in [0.15, 0.2) is 33.5 Å². The van der Waals surface area contributed by atoms with Gasteiger partial charge in [-0.25, -0.2) is 9.59 Å². The van der Waals surface area contributed by atoms with E-state index in [2.05, 4.69) is 5.32 Å². The highest BCUT2D eigenvalue weighted by Crippen LogP contribution is 2.15. The molecular formula is C17H16N2O6. The van der Waals surface area contributed by atoms with Gasteiger partial charge in [-0.2, -0.15) is 0 Å². The molecule has 8 nitrogen and oxygen atoms in total. The summed E-state index contributed by atoms with van der Waals surface area (Å²) in [5, 5.41) is 2.84. The second-order valence-corrected chi connectivity index (χ2v) is 5.74. The maximum Gasteiger partial charge on any atom is 0.375 e. The number of nitrogens with one attached hydrogen (secondary N) is 1. The molecule has 2 aromatic rings. The van der Waals surface area contributed by atoms with Crippen LogP contribution in [0, 0.1) is 6.92 Å². The van der Waals surface area contributed by atoms with Crippen LogP contribution >= 0.6 is 0 Å². The maximum atomic E-state index is 12.2. The van der Waals surface area contributed by atoms with Crippen LogP contribution in [-0.4, -0.2) is 42.0 Å². The number of ether oxygens (including phenoxy) is 1. The summed E-state index contributed by atoms with van der Waals surface area (Å²) in [6.45, 7) is 3.76. The van der Waals surface area contributed by atoms with Crippen molar-refractivity contribution in [2.24, 2.45) is 0 Å². The monoisotopic (exact) mass is 344 g/mol. The fourth-order valence-corrected chi connectivity index (χ4v) is 2.54. The van der Waals surface area contributed by atoms with E-state index in [1.54, 1.807) is 18.2 Å². The lowest BCUT2D eigenvalue weighted by Crippen LogP contribution is -2.41. The lowest BCUT2D eigenvalue weighted by atomic mass is 10.1. The molecule has 1 N–H and O–H groups in total. The average molecular weight is 344 g/mol. The van der Waals surface area contributed by atoms with Crippen LogP contribution in [0.2, 0.25) is 0 Å². The molecule has 2 heterocycles. The summed E-state index contributed by atoms with van der Waals surface area (Å²) in [5.74, 6) is -1.88. The Labute approximate surface area is 142 Å². The number of nitrogens with zero attached hydrogens (tertiary/aromatic N) is 1. The van der Waals surface area contributed by atoms with E-state index in [1.807, 2.05) is 6.92 Å². The molecule has 0 aliphatic carbocycles. The standard InChI is InChI=1S/C17H16N2O6/c1-9-3-4-13-11(7-9)12(20)8-14(25-13)16(22)24-10(2)15(21)19-6-5-18-17(19)23/h3-4,7-8,10H,5-6H2,1-2H3,(H,18,23)/t10-/m0/s1. The fourth-order valence-electron chi connectivity index (χ4n) is 2.54. The smallest absolute Gasteiger partial charge is 0.375 e. The summed E-state index contributed by atoms with van der Waals surface area (Å²) in [4.78, 5) is 48.9. The number of carbonyl (C=O) groups excluding carboxylic acids is 3. The van der Waals surface area contributed by atoms with Crippen molar-refractivity contribution in [3.05, 3.63) is 45.8 Å². The number of esters is 1. The molecule has 130 valence electrons. The molecule has 8 heteroatoms. The first-order valence-corrected chi connectivity index (χ1v) is 7.71. The molecular weight excluding hydrogens is 328 g/mol. The van der Waals surface area contributed by atoms with Gasteiger partial charge in [-0.15, -0.1) is 0 Å². The number of rotatable bonds is 3. The second-order valence-electron chi connectivity index (χ2n) is 5.74. The molecule has 0 radical (unpaired) electrons. The van der Waals surface area contributed by atoms with E-state index < -0.39 is 24.0 Å². The summed E-state index contributed by atoms with van der Waals surface area (Å²) < 4.78 is 10.5. The molecule has 1 aromatic carbocycles. The van der Waals surface area contributed by atoms with Crippen molar-refractivity contribution in [2.45, 2.75) is 20.0 Å². The van der Waals surface area contributed by atoms with Gasteiger partial charge in [0.2, 0.25) is 5.76 Å². The molecule has 0 saturated carbocycles. The molecule has 0 bridgehead atoms. The van der Waals surface area contributed by atoms with Crippen molar-refractivity contribution in [3.63, 3.8) is 0 Å². The predicted molar refractivity (Wildman–Crippen MR) is 87.2 cm³/mol. The highest BCUT2D eigenvalue weighted by Gasteiger charge is 2.32. The highest BCUT2D eigenvalue weighted by molar-refractivity contribution is 5.99. The van der Waals surface area contributed by atoms with Crippen LogP contribution in [0.3, 0.4) is 0 Å². The van der Waals surface area contributed by atoms with E-state index in [9.17, 15) is 19.2 Å². The number of hydrogen-bond donors (Lipinski definition) is 1. The van der Waals surface area contributed by atoms with Crippen molar-refractivity contribution in [2.75, 3.05) is 13.1 Å². The van der Waals surface area contributed by atoms with Crippen molar-refractivity contribution < 1.29 is 23.5 Å². The van der Waals surface area contributed by atoms with Crippen LogP contribution in [0.25, 0.3) is 11.0 Å². The predicted octanol–water partition coefficient (Wildman–Crippen LogP) is 1.20. The number of imide groups is 1. The number of benzene rings is 1. The summed E-state index contributed by atoms with van der Waals surface area (Å²) in [7, 11) is 0. The first kappa shape index (κ1) is 16.7. The molecule has 1 aliphatic rings. The number of hydrogen-bond acceptors (Lipinski definition) is 6. The molecule has 0 unspecified atom stereocenters. The summed E-state index contributed by atoms with van der Waals surface area (Å²) in [6, 6.07) is 5.50. The summed E-state index contributed by atoms with van der Waals surface area (Å²) in [5.41, 5.74) is 0.760. The molecule has 3 rings (SSSR count). The maximum absolute atomic E-state index is 12.2. The Morgan fingerprint density at radius 2 is 2.04 bits per heavy atom. The lowest BCUT2D eigenvalue weighted by Gasteiger charge is -2.17. The number of aryl methyl sites for hydroxylation is 1. The molecule has 0 spiro atoms. The second kappa shape index (κ2) is 6.39. The molecule has 1 atom stereocenters. The van der Waals surface area contributed by atoms with Gasteiger partial charge in [0.1, 0.15) is 5.58 Å². The topological polar surface area (TPSA) is 106 Å². The number of carbonyl (C=O) groups is 3. The van der Waals surface area contributed by atoms with E-state index in [4.69, 9.17) is 9.15 Å². The highest BCUT2D eigenvalue weighted by atomic mass is 16.6. The molecule has 3 amide bonds. The van der Waals surface area contributed by atoms with Gasteiger partial charge in [0.05, 0.1) is 5.39 Å². The Bertz CT molecular complexity index is 932. The van der Waals surface area contributed by atoms with Gasteiger partial charge >= 0.3 is 12.0 Å². The van der Waals surface area contributed by atoms with Crippen LogP contribution in [-0.2, 0) is 9.53 Å². The van der Waals surface area contributed by atoms with Crippen LogP contribution < -0.4 is 10.7 Å². The first-order chi connectivity index (χ1) is 11.9. The van der Waals surface area contributed by atoms with Crippen molar-refractivity contribution >= 4 is 28.9 Å². The SMILES string of the molecule is Cc1ccc2oc(C(=O)O[C@@H](C)C(=O)N3CCNC3=O)cc(=O)c2c1. The lowest BCUT2D eigenvalue weighted by molar-refractivity contribution is -0.136. The van der Waals surface area contributed by atoms with Crippen molar-refractivity contribution in [1.82, 2.24) is 10.2 Å². The van der Waals surface area contributed by atoms with E-state index in [1.165, 1.54) is 6.92 Å². The Kier molecular flexibility index (Phi) is 4.26. The Morgan fingerprint density at radius 1 is 1.28 bits per heavy atom. The summed E-state index contributed by atoms with van der Waals surface area (Å²) >= 11 is 0. The van der Waals surface area contributed by atoms with Gasteiger partial charge in [-0.3, -0.25) is 14.5 Å². The molecule has 1 saturated heterocycles. The first-order valence-electron chi connectivity index (χ1n) is 7.71. The van der Waals surface area contributed by atoms with Gasteiger partial charge in [0, 0.05) is 19.2 Å². The van der Waals surface area contributed by atoms with Gasteiger partial charge in [0.15, 0.2) is 11.5 Å². The van der Waals surface area contributed by atoms with Crippen molar-refractivity contribution in [1.29, 1.82) is 0 Å². The fraction of sp³-hybridized carbons (Fsp3) is 0.294. The quantitative estimate of drug-likeness (QED) is 0.839. The third-order valence-electron chi connectivity index (χ3n) is 3.84. The number of fused-ring (bicyclic) bond motifs is 1. The molecule has 1 aromatic heterocycles. The summed E-state index contributed by atoms with van der Waals surface area (Å²) in [6.07, 6.45) is -1.18. The Balaban J connectivity index is 1.80. The Hall–Kier alpha value is -3.16. The van der Waals surface area contributed by atoms with E-state index in [0.717, 1.165) is 16.5 Å². The Morgan fingerprint density at radius 3 is 2.72 bits per heavy atom. The minimum Gasteiger partial charge on any atom is -0.449 e. The van der Waals surface area contributed by atoms with Crippen molar-refractivity contribution in [3.8, 4) is 0 Å². The third kappa shape index (κ3) is 3.23. The number of amides is 3. The van der Waals surface area contributed by atoms with Gasteiger partial charge in [-0.1, -0.05) is 11.6 Å². The zero-order valence-electron chi connectivity index (χ0n) is 13.7. The van der Waals surface area contributed by atoms with Gasteiger partial charge in [-0.05, 0) is 26.0 Å². The minimum atomic E-state index is -1.18. The van der Waals surface area contributed by atoms with E-state index in [-0.39, 0.29) is 23.3 Å². The van der Waals surface area contributed by atoms with Crippen LogP contribution in [0.4, 0.5) is 4.79 Å². The number of urea groups is 1. The third-order valence-corrected chi connectivity index (χ3v) is 3.84. The molecule has 1 fully saturated rings. The van der Waals surface area contributed by atoms with Crippen LogP contribution in [0.5, 0.6) is 0 Å². The zero-order chi connectivity index (χ0) is 18.1. The van der Waals surface area contributed by atoms with E-state index in [0.29, 0.717) is 11.9 Å². The van der Waals surface area contributed by atoms with E-state index >= 15 is 0 Å². The molecule has 25 heavy (non-hydrogen) atoms. The van der Waals surface area contributed by atoms with Crippen LogP contribution in [0.1, 0.15) is 23.0 Å². The normalized spacial score (nSPS) is 15.1. The van der Waals surface area contributed by atoms with Gasteiger partial charge in [0.25, 0.3) is 5.91 Å². The van der Waals surface area contributed by atoms with Gasteiger partial charge < -0.3 is 14.5 Å².